The third-order valence-corrected chi connectivity index (χ3v) is 6.23. The summed E-state index contributed by atoms with van der Waals surface area (Å²) in [5, 5.41) is 3.66. The number of carbonyl (C=O) groups excluding carboxylic acids is 2. The van der Waals surface area contributed by atoms with Gasteiger partial charge in [0.15, 0.2) is 6.61 Å². The Bertz CT molecular complexity index is 879. The molecule has 0 heterocycles. The number of ether oxygens (including phenoxy) is 1. The molecule has 0 unspecified atom stereocenters. The zero-order valence-electron chi connectivity index (χ0n) is 18.3. The molecule has 0 bridgehead atoms. The van der Waals surface area contributed by atoms with Crippen molar-refractivity contribution in [3.8, 4) is 5.75 Å². The highest BCUT2D eigenvalue weighted by atomic mass is 35.5. The average Bonchev–Trinajstić information content (AvgIpc) is 3.30. The lowest BCUT2D eigenvalue weighted by atomic mass is 10.1. The van der Waals surface area contributed by atoms with Gasteiger partial charge < -0.3 is 15.0 Å². The summed E-state index contributed by atoms with van der Waals surface area (Å²) >= 11 is 6.33. The Morgan fingerprint density at radius 3 is 2.45 bits per heavy atom. The number of aryl methyl sites for hydroxylation is 1. The Balaban J connectivity index is 1.70. The van der Waals surface area contributed by atoms with Crippen LogP contribution in [0.1, 0.15) is 50.7 Å². The van der Waals surface area contributed by atoms with Crippen LogP contribution in [0.25, 0.3) is 0 Å². The number of nitrogens with one attached hydrogen (secondary N) is 1. The minimum absolute atomic E-state index is 0.139. The van der Waals surface area contributed by atoms with E-state index >= 15 is 0 Å². The van der Waals surface area contributed by atoms with Gasteiger partial charge >= 0.3 is 0 Å². The highest BCUT2D eigenvalue weighted by Gasteiger charge is 2.29. The molecular weight excluding hydrogens is 412 g/mol. The Hall–Kier alpha value is -2.53. The number of benzene rings is 2. The molecule has 5 nitrogen and oxygen atoms in total. The fraction of sp³-hybridized carbons (Fsp3) is 0.440. The number of amides is 2. The van der Waals surface area contributed by atoms with E-state index in [1.807, 2.05) is 42.5 Å². The summed E-state index contributed by atoms with van der Waals surface area (Å²) in [5.41, 5.74) is 2.00. The van der Waals surface area contributed by atoms with Crippen LogP contribution in [0.15, 0.2) is 48.5 Å². The van der Waals surface area contributed by atoms with Crippen molar-refractivity contribution in [2.24, 2.45) is 0 Å². The van der Waals surface area contributed by atoms with E-state index in [1.165, 1.54) is 5.56 Å². The first kappa shape index (κ1) is 23.1. The van der Waals surface area contributed by atoms with Crippen LogP contribution in [0, 0.1) is 0 Å². The molecule has 1 aliphatic carbocycles. The molecule has 2 aromatic carbocycles. The largest absolute Gasteiger partial charge is 0.484 e. The molecule has 2 aromatic rings. The first-order valence-corrected chi connectivity index (χ1v) is 11.4. The normalized spacial score (nSPS) is 14.8. The summed E-state index contributed by atoms with van der Waals surface area (Å²) in [5.74, 6) is 0.236. The number of nitrogens with zero attached hydrogens (tertiary/aromatic N) is 1. The van der Waals surface area contributed by atoms with Crippen molar-refractivity contribution in [3.63, 3.8) is 0 Å². The van der Waals surface area contributed by atoms with Crippen molar-refractivity contribution in [3.05, 3.63) is 64.7 Å². The lowest BCUT2D eigenvalue weighted by molar-refractivity contribution is -0.142. The molecule has 0 saturated heterocycles. The van der Waals surface area contributed by atoms with E-state index in [0.29, 0.717) is 10.8 Å². The number of hydrogen-bond acceptors (Lipinski definition) is 3. The molecule has 31 heavy (non-hydrogen) atoms. The van der Waals surface area contributed by atoms with E-state index in [9.17, 15) is 9.59 Å². The zero-order valence-corrected chi connectivity index (χ0v) is 19.0. The van der Waals surface area contributed by atoms with Gasteiger partial charge in [0, 0.05) is 17.6 Å². The summed E-state index contributed by atoms with van der Waals surface area (Å²) in [6, 6.07) is 14.6. The van der Waals surface area contributed by atoms with Crippen LogP contribution >= 0.6 is 11.6 Å². The standard InChI is InChI=1S/C25H31ClN2O3/c1-3-19-12-14-22(15-13-19)31-17-24(29)28(16-20-8-4-7-11-23(20)26)18(2)25(30)27-21-9-5-6-10-21/h4,7-8,11-15,18,21H,3,5-6,9-10,16-17H2,1-2H3,(H,27,30)/t18-/m0/s1. The number of hydrogen-bond donors (Lipinski definition) is 1. The van der Waals surface area contributed by atoms with Crippen LogP contribution < -0.4 is 10.1 Å². The molecule has 0 aromatic heterocycles. The molecule has 2 amide bonds. The van der Waals surface area contributed by atoms with Crippen LogP contribution in [0.5, 0.6) is 5.75 Å². The van der Waals surface area contributed by atoms with E-state index < -0.39 is 6.04 Å². The number of rotatable bonds is 9. The molecule has 3 rings (SSSR count). The summed E-state index contributed by atoms with van der Waals surface area (Å²) in [7, 11) is 0. The van der Waals surface area contributed by atoms with Crippen LogP contribution in [0.2, 0.25) is 5.02 Å². The van der Waals surface area contributed by atoms with Gasteiger partial charge in [-0.1, -0.05) is 61.7 Å². The van der Waals surface area contributed by atoms with Crippen molar-refractivity contribution in [2.75, 3.05) is 6.61 Å². The van der Waals surface area contributed by atoms with Crippen LogP contribution in [0.3, 0.4) is 0 Å². The van der Waals surface area contributed by atoms with Crippen molar-refractivity contribution in [2.45, 2.75) is 64.6 Å². The van der Waals surface area contributed by atoms with Gasteiger partial charge in [-0.3, -0.25) is 9.59 Å². The minimum Gasteiger partial charge on any atom is -0.484 e. The Morgan fingerprint density at radius 1 is 1.13 bits per heavy atom. The molecule has 1 atom stereocenters. The summed E-state index contributed by atoms with van der Waals surface area (Å²) in [6.45, 7) is 3.95. The number of carbonyl (C=O) groups is 2. The second-order valence-electron chi connectivity index (χ2n) is 8.07. The Kier molecular flexibility index (Phi) is 8.35. The van der Waals surface area contributed by atoms with E-state index in [-0.39, 0.29) is 31.0 Å². The summed E-state index contributed by atoms with van der Waals surface area (Å²) in [6.07, 6.45) is 5.19. The van der Waals surface area contributed by atoms with Crippen LogP contribution in [-0.4, -0.2) is 35.4 Å². The lowest BCUT2D eigenvalue weighted by Crippen LogP contribution is -2.50. The molecule has 1 aliphatic rings. The molecule has 1 fully saturated rings. The fourth-order valence-electron chi connectivity index (χ4n) is 3.83. The topological polar surface area (TPSA) is 58.6 Å². The molecule has 166 valence electrons. The van der Waals surface area contributed by atoms with Gasteiger partial charge in [0.1, 0.15) is 11.8 Å². The Morgan fingerprint density at radius 2 is 1.81 bits per heavy atom. The van der Waals surface area contributed by atoms with Crippen molar-refractivity contribution in [1.29, 1.82) is 0 Å². The first-order chi connectivity index (χ1) is 15.0. The van der Waals surface area contributed by atoms with Gasteiger partial charge in [0.05, 0.1) is 0 Å². The molecule has 0 aliphatic heterocycles. The molecule has 0 radical (unpaired) electrons. The third-order valence-electron chi connectivity index (χ3n) is 5.86. The maximum Gasteiger partial charge on any atom is 0.261 e. The van der Waals surface area contributed by atoms with Gasteiger partial charge in [-0.15, -0.1) is 0 Å². The molecule has 1 saturated carbocycles. The van der Waals surface area contributed by atoms with Gasteiger partial charge in [-0.05, 0) is 55.5 Å². The average molecular weight is 443 g/mol. The summed E-state index contributed by atoms with van der Waals surface area (Å²) in [4.78, 5) is 27.5. The van der Waals surface area contributed by atoms with Crippen molar-refractivity contribution < 1.29 is 14.3 Å². The monoisotopic (exact) mass is 442 g/mol. The second-order valence-corrected chi connectivity index (χ2v) is 8.47. The fourth-order valence-corrected chi connectivity index (χ4v) is 4.03. The van der Waals surface area contributed by atoms with Crippen LogP contribution in [0.4, 0.5) is 0 Å². The quantitative estimate of drug-likeness (QED) is 0.609. The first-order valence-electron chi connectivity index (χ1n) is 11.0. The van der Waals surface area contributed by atoms with E-state index in [2.05, 4.69) is 12.2 Å². The third kappa shape index (κ3) is 6.47. The highest BCUT2D eigenvalue weighted by molar-refractivity contribution is 6.31. The van der Waals surface area contributed by atoms with Gasteiger partial charge in [0.2, 0.25) is 5.91 Å². The summed E-state index contributed by atoms with van der Waals surface area (Å²) < 4.78 is 5.72. The minimum atomic E-state index is -0.629. The number of halogens is 1. The van der Waals surface area contributed by atoms with Crippen molar-refractivity contribution in [1.82, 2.24) is 10.2 Å². The van der Waals surface area contributed by atoms with Crippen LogP contribution in [-0.2, 0) is 22.6 Å². The Labute approximate surface area is 189 Å². The van der Waals surface area contributed by atoms with Gasteiger partial charge in [-0.25, -0.2) is 0 Å². The molecule has 6 heteroatoms. The van der Waals surface area contributed by atoms with E-state index in [1.54, 1.807) is 17.9 Å². The van der Waals surface area contributed by atoms with Gasteiger partial charge in [0.25, 0.3) is 5.91 Å². The second kappa shape index (κ2) is 11.2. The zero-order chi connectivity index (χ0) is 22.2. The molecule has 1 N–H and O–H groups in total. The van der Waals surface area contributed by atoms with E-state index in [0.717, 1.165) is 37.7 Å². The predicted octanol–water partition coefficient (Wildman–Crippen LogP) is 4.76. The molecular formula is C25H31ClN2O3. The lowest BCUT2D eigenvalue weighted by Gasteiger charge is -2.30. The van der Waals surface area contributed by atoms with Gasteiger partial charge in [-0.2, -0.15) is 0 Å². The molecule has 0 spiro atoms. The predicted molar refractivity (Wildman–Crippen MR) is 123 cm³/mol. The highest BCUT2D eigenvalue weighted by Crippen LogP contribution is 2.21. The maximum atomic E-state index is 13.1. The SMILES string of the molecule is CCc1ccc(OCC(=O)N(Cc2ccccc2Cl)[C@@H](C)C(=O)NC2CCCC2)cc1. The van der Waals surface area contributed by atoms with Crippen molar-refractivity contribution >= 4 is 23.4 Å². The maximum absolute atomic E-state index is 13.1. The smallest absolute Gasteiger partial charge is 0.261 e. The van der Waals surface area contributed by atoms with E-state index in [4.69, 9.17) is 16.3 Å².